The third-order valence-electron chi connectivity index (χ3n) is 1.28. The SMILES string of the molecule is O=C(OCCO)c1cc[c]cc1. The minimum atomic E-state index is -0.418. The molecule has 0 amide bonds. The first-order valence-electron chi connectivity index (χ1n) is 3.58. The third kappa shape index (κ3) is 2.36. The summed E-state index contributed by atoms with van der Waals surface area (Å²) in [4.78, 5) is 11.1. The lowest BCUT2D eigenvalue weighted by Gasteiger charge is -2.00. The minimum Gasteiger partial charge on any atom is -0.460 e. The number of benzene rings is 1. The number of aliphatic hydroxyl groups excluding tert-OH is 1. The molecule has 1 aromatic carbocycles. The Bertz CT molecular complexity index is 243. The Kier molecular flexibility index (Phi) is 3.29. The molecule has 63 valence electrons. The van der Waals surface area contributed by atoms with E-state index in [1.807, 2.05) is 0 Å². The molecule has 1 N–H and O–H groups in total. The highest BCUT2D eigenvalue weighted by Crippen LogP contribution is 1.99. The molecule has 0 heterocycles. The second-order valence-corrected chi connectivity index (χ2v) is 2.15. The van der Waals surface area contributed by atoms with Crippen molar-refractivity contribution in [2.45, 2.75) is 0 Å². The number of hydrogen-bond donors (Lipinski definition) is 1. The van der Waals surface area contributed by atoms with Crippen LogP contribution < -0.4 is 0 Å². The average molecular weight is 165 g/mol. The van der Waals surface area contributed by atoms with Crippen molar-refractivity contribution in [2.24, 2.45) is 0 Å². The summed E-state index contributed by atoms with van der Waals surface area (Å²) in [6.45, 7) is -0.109. The molecular formula is C9H9O3. The van der Waals surface area contributed by atoms with E-state index < -0.39 is 5.97 Å². The lowest BCUT2D eigenvalue weighted by molar-refractivity contribution is 0.0434. The maximum Gasteiger partial charge on any atom is 0.338 e. The molecule has 0 aliphatic heterocycles. The number of esters is 1. The van der Waals surface area contributed by atoms with Gasteiger partial charge in [-0.3, -0.25) is 0 Å². The zero-order valence-corrected chi connectivity index (χ0v) is 6.49. The van der Waals surface area contributed by atoms with Crippen molar-refractivity contribution >= 4 is 5.97 Å². The van der Waals surface area contributed by atoms with Crippen LogP contribution in [0.3, 0.4) is 0 Å². The molecule has 0 spiro atoms. The molecule has 0 bridgehead atoms. The summed E-state index contributed by atoms with van der Waals surface area (Å²) in [5.41, 5.74) is 0.474. The summed E-state index contributed by atoms with van der Waals surface area (Å²) in [6.07, 6.45) is 0. The van der Waals surface area contributed by atoms with Gasteiger partial charge in [0.2, 0.25) is 0 Å². The van der Waals surface area contributed by atoms with E-state index in [4.69, 9.17) is 5.11 Å². The first-order valence-corrected chi connectivity index (χ1v) is 3.58. The van der Waals surface area contributed by atoms with Crippen molar-refractivity contribution in [3.8, 4) is 0 Å². The molecule has 1 rings (SSSR count). The predicted octanol–water partition coefficient (Wildman–Crippen LogP) is 0.636. The molecule has 0 saturated carbocycles. The summed E-state index contributed by atoms with van der Waals surface area (Å²) < 4.78 is 4.67. The summed E-state index contributed by atoms with van der Waals surface area (Å²) in [5.74, 6) is -0.418. The van der Waals surface area contributed by atoms with E-state index in [0.29, 0.717) is 5.56 Å². The lowest BCUT2D eigenvalue weighted by atomic mass is 10.2. The largest absolute Gasteiger partial charge is 0.460 e. The number of aliphatic hydroxyl groups is 1. The van der Waals surface area contributed by atoms with Gasteiger partial charge in [0.05, 0.1) is 12.2 Å². The highest BCUT2D eigenvalue weighted by molar-refractivity contribution is 5.89. The van der Waals surface area contributed by atoms with Crippen LogP contribution in [0.1, 0.15) is 10.4 Å². The topological polar surface area (TPSA) is 46.5 Å². The second-order valence-electron chi connectivity index (χ2n) is 2.15. The highest BCUT2D eigenvalue weighted by atomic mass is 16.5. The predicted molar refractivity (Wildman–Crippen MR) is 42.6 cm³/mol. The second kappa shape index (κ2) is 4.51. The number of hydrogen-bond acceptors (Lipinski definition) is 3. The number of carbonyl (C=O) groups is 1. The van der Waals surface area contributed by atoms with Gasteiger partial charge in [-0.15, -0.1) is 0 Å². The molecule has 0 aliphatic carbocycles. The number of rotatable bonds is 3. The molecule has 1 radical (unpaired) electrons. The van der Waals surface area contributed by atoms with E-state index >= 15 is 0 Å². The van der Waals surface area contributed by atoms with E-state index in [1.165, 1.54) is 0 Å². The van der Waals surface area contributed by atoms with Gasteiger partial charge in [0, 0.05) is 0 Å². The van der Waals surface area contributed by atoms with Gasteiger partial charge in [-0.25, -0.2) is 4.79 Å². The fourth-order valence-electron chi connectivity index (χ4n) is 0.745. The normalized spacial score (nSPS) is 9.42. The van der Waals surface area contributed by atoms with Crippen molar-refractivity contribution in [1.82, 2.24) is 0 Å². The van der Waals surface area contributed by atoms with E-state index in [0.717, 1.165) is 0 Å². The Morgan fingerprint density at radius 2 is 2.17 bits per heavy atom. The Morgan fingerprint density at radius 1 is 1.50 bits per heavy atom. The maximum atomic E-state index is 11.1. The molecule has 0 aromatic heterocycles. The van der Waals surface area contributed by atoms with Gasteiger partial charge >= 0.3 is 5.97 Å². The molecule has 3 nitrogen and oxygen atoms in total. The van der Waals surface area contributed by atoms with Gasteiger partial charge < -0.3 is 9.84 Å². The van der Waals surface area contributed by atoms with Crippen molar-refractivity contribution in [3.05, 3.63) is 35.9 Å². The van der Waals surface area contributed by atoms with Crippen LogP contribution in [0.25, 0.3) is 0 Å². The van der Waals surface area contributed by atoms with Crippen molar-refractivity contribution < 1.29 is 14.6 Å². The number of ether oxygens (including phenoxy) is 1. The van der Waals surface area contributed by atoms with Gasteiger partial charge in [0.25, 0.3) is 0 Å². The van der Waals surface area contributed by atoms with Crippen LogP contribution in [0.5, 0.6) is 0 Å². The quantitative estimate of drug-likeness (QED) is 0.668. The third-order valence-corrected chi connectivity index (χ3v) is 1.28. The standard InChI is InChI=1S/C9H9O3/c10-6-7-12-9(11)8-4-2-1-3-5-8/h2-5,10H,6-7H2. The molecule has 0 atom stereocenters. The van der Waals surface area contributed by atoms with Gasteiger partial charge in [-0.2, -0.15) is 0 Å². The van der Waals surface area contributed by atoms with E-state index in [2.05, 4.69) is 10.8 Å². The van der Waals surface area contributed by atoms with Crippen molar-refractivity contribution in [1.29, 1.82) is 0 Å². The van der Waals surface area contributed by atoms with Crippen molar-refractivity contribution in [3.63, 3.8) is 0 Å². The Hall–Kier alpha value is -1.35. The van der Waals surface area contributed by atoms with Gasteiger partial charge in [-0.05, 0) is 18.2 Å². The Balaban J connectivity index is 2.54. The zero-order valence-electron chi connectivity index (χ0n) is 6.49. The molecule has 0 aliphatic rings. The lowest BCUT2D eigenvalue weighted by Crippen LogP contribution is -2.08. The fourth-order valence-corrected chi connectivity index (χ4v) is 0.745. The van der Waals surface area contributed by atoms with Gasteiger partial charge in [-0.1, -0.05) is 12.1 Å². The van der Waals surface area contributed by atoms with Crippen LogP contribution >= 0.6 is 0 Å². The maximum absolute atomic E-state index is 11.1. The van der Waals surface area contributed by atoms with Crippen molar-refractivity contribution in [2.75, 3.05) is 13.2 Å². The van der Waals surface area contributed by atoms with E-state index in [1.54, 1.807) is 24.3 Å². The van der Waals surface area contributed by atoms with E-state index in [-0.39, 0.29) is 13.2 Å². The van der Waals surface area contributed by atoms with Crippen LogP contribution in [0.2, 0.25) is 0 Å². The fraction of sp³-hybridized carbons (Fsp3) is 0.222. The molecule has 1 aromatic rings. The van der Waals surface area contributed by atoms with E-state index in [9.17, 15) is 4.79 Å². The van der Waals surface area contributed by atoms with Crippen LogP contribution in [0.4, 0.5) is 0 Å². The molecule has 3 heteroatoms. The summed E-state index contributed by atoms with van der Waals surface area (Å²) in [6, 6.07) is 9.28. The summed E-state index contributed by atoms with van der Waals surface area (Å²) >= 11 is 0. The molecule has 12 heavy (non-hydrogen) atoms. The highest BCUT2D eigenvalue weighted by Gasteiger charge is 2.03. The smallest absolute Gasteiger partial charge is 0.338 e. The number of carbonyl (C=O) groups excluding carboxylic acids is 1. The van der Waals surface area contributed by atoms with Crippen LogP contribution in [-0.4, -0.2) is 24.3 Å². The minimum absolute atomic E-state index is 0.0391. The molecule has 0 unspecified atom stereocenters. The van der Waals surface area contributed by atoms with Crippen LogP contribution in [0.15, 0.2) is 24.3 Å². The van der Waals surface area contributed by atoms with Crippen LogP contribution in [-0.2, 0) is 4.74 Å². The Morgan fingerprint density at radius 3 is 2.75 bits per heavy atom. The first kappa shape index (κ1) is 8.74. The van der Waals surface area contributed by atoms with Gasteiger partial charge in [0.1, 0.15) is 6.61 Å². The first-order chi connectivity index (χ1) is 5.84. The zero-order chi connectivity index (χ0) is 8.81. The average Bonchev–Trinajstić information content (AvgIpc) is 2.15. The Labute approximate surface area is 70.6 Å². The molecular weight excluding hydrogens is 156 g/mol. The summed E-state index contributed by atoms with van der Waals surface area (Å²) in [7, 11) is 0. The van der Waals surface area contributed by atoms with Crippen LogP contribution in [0, 0.1) is 6.07 Å². The molecule has 0 saturated heterocycles. The van der Waals surface area contributed by atoms with Gasteiger partial charge in [0.15, 0.2) is 0 Å². The summed E-state index contributed by atoms with van der Waals surface area (Å²) in [5, 5.41) is 8.38. The molecule has 0 fully saturated rings. The monoisotopic (exact) mass is 165 g/mol.